The quantitative estimate of drug-likeness (QED) is 0.485. The smallest absolute Gasteiger partial charge is 0.343 e. The molecule has 0 saturated carbocycles. The fourth-order valence-electron chi connectivity index (χ4n) is 2.09. The molecule has 2 rings (SSSR count). The third kappa shape index (κ3) is 5.62. The van der Waals surface area contributed by atoms with Gasteiger partial charge in [-0.3, -0.25) is 9.59 Å². The van der Waals surface area contributed by atoms with E-state index in [0.717, 1.165) is 24.3 Å². The SMILES string of the molecule is Cc1c(F)cc(C(=O)NCC(F)(F)F)cc1NC(=O)c1ccc(F)cc1I. The lowest BCUT2D eigenvalue weighted by atomic mass is 10.1. The van der Waals surface area contributed by atoms with Gasteiger partial charge in [0.25, 0.3) is 11.8 Å². The van der Waals surface area contributed by atoms with Crippen molar-refractivity contribution in [1.29, 1.82) is 0 Å². The van der Waals surface area contributed by atoms with Crippen LogP contribution in [0.4, 0.5) is 27.6 Å². The summed E-state index contributed by atoms with van der Waals surface area (Å²) in [5.74, 6) is -3.24. The largest absolute Gasteiger partial charge is 0.405 e. The number of hydrogen-bond acceptors (Lipinski definition) is 2. The molecule has 2 amide bonds. The predicted molar refractivity (Wildman–Crippen MR) is 96.6 cm³/mol. The number of nitrogens with one attached hydrogen (secondary N) is 2. The van der Waals surface area contributed by atoms with Crippen LogP contribution >= 0.6 is 22.6 Å². The van der Waals surface area contributed by atoms with Crippen LogP contribution in [0.2, 0.25) is 0 Å². The van der Waals surface area contributed by atoms with E-state index in [1.807, 2.05) is 0 Å². The van der Waals surface area contributed by atoms with E-state index in [0.29, 0.717) is 3.57 Å². The minimum absolute atomic E-state index is 0.00663. The van der Waals surface area contributed by atoms with E-state index >= 15 is 0 Å². The summed E-state index contributed by atoms with van der Waals surface area (Å²) in [5.41, 5.74) is -0.361. The summed E-state index contributed by atoms with van der Waals surface area (Å²) in [5, 5.41) is 4.01. The Morgan fingerprint density at radius 1 is 1.07 bits per heavy atom. The topological polar surface area (TPSA) is 58.2 Å². The second-order valence-corrected chi connectivity index (χ2v) is 6.67. The highest BCUT2D eigenvalue weighted by molar-refractivity contribution is 14.1. The van der Waals surface area contributed by atoms with Gasteiger partial charge in [-0.05, 0) is 59.8 Å². The van der Waals surface area contributed by atoms with Gasteiger partial charge in [0, 0.05) is 20.4 Å². The van der Waals surface area contributed by atoms with Crippen LogP contribution in [-0.4, -0.2) is 24.5 Å². The van der Waals surface area contributed by atoms with Crippen molar-refractivity contribution in [2.75, 3.05) is 11.9 Å². The van der Waals surface area contributed by atoms with E-state index in [9.17, 15) is 31.5 Å². The number of benzene rings is 2. The zero-order chi connectivity index (χ0) is 20.4. The lowest BCUT2D eigenvalue weighted by molar-refractivity contribution is -0.123. The molecule has 0 aliphatic rings. The molecule has 0 saturated heterocycles. The summed E-state index contributed by atoms with van der Waals surface area (Å²) in [6.45, 7) is -0.241. The second kappa shape index (κ2) is 8.19. The maximum atomic E-state index is 14.1. The van der Waals surface area contributed by atoms with Crippen molar-refractivity contribution in [3.05, 3.63) is 62.2 Å². The van der Waals surface area contributed by atoms with Crippen molar-refractivity contribution in [1.82, 2.24) is 5.32 Å². The van der Waals surface area contributed by atoms with Crippen LogP contribution in [0.1, 0.15) is 26.3 Å². The first-order chi connectivity index (χ1) is 12.5. The molecule has 0 heterocycles. The van der Waals surface area contributed by atoms with Crippen LogP contribution in [0.3, 0.4) is 0 Å². The average molecular weight is 498 g/mol. The highest BCUT2D eigenvalue weighted by Gasteiger charge is 2.28. The molecular weight excluding hydrogens is 486 g/mol. The number of amides is 2. The molecule has 0 bridgehead atoms. The van der Waals surface area contributed by atoms with Crippen LogP contribution in [0.15, 0.2) is 30.3 Å². The van der Waals surface area contributed by atoms with Gasteiger partial charge < -0.3 is 10.6 Å². The number of carbonyl (C=O) groups is 2. The number of rotatable bonds is 4. The fourth-order valence-corrected chi connectivity index (χ4v) is 2.81. The normalized spacial score (nSPS) is 11.2. The summed E-state index contributed by atoms with van der Waals surface area (Å²) in [6, 6.07) is 5.28. The molecule has 0 atom stereocenters. The molecule has 2 aromatic carbocycles. The highest BCUT2D eigenvalue weighted by atomic mass is 127. The average Bonchev–Trinajstić information content (AvgIpc) is 2.55. The number of hydrogen-bond donors (Lipinski definition) is 2. The fraction of sp³-hybridized carbons (Fsp3) is 0.176. The first-order valence-electron chi connectivity index (χ1n) is 7.39. The van der Waals surface area contributed by atoms with Gasteiger partial charge >= 0.3 is 6.18 Å². The highest BCUT2D eigenvalue weighted by Crippen LogP contribution is 2.23. The van der Waals surface area contributed by atoms with Gasteiger partial charge in [-0.1, -0.05) is 0 Å². The summed E-state index contributed by atoms with van der Waals surface area (Å²) >= 11 is 1.75. The second-order valence-electron chi connectivity index (χ2n) is 5.51. The summed E-state index contributed by atoms with van der Waals surface area (Å²) in [6.07, 6.45) is -4.62. The summed E-state index contributed by atoms with van der Waals surface area (Å²) in [7, 11) is 0. The van der Waals surface area contributed by atoms with Gasteiger partial charge in [0.2, 0.25) is 0 Å². The van der Waals surface area contributed by atoms with Gasteiger partial charge in [0.1, 0.15) is 18.2 Å². The third-order valence-electron chi connectivity index (χ3n) is 3.48. The van der Waals surface area contributed by atoms with Gasteiger partial charge in [0.05, 0.1) is 5.56 Å². The van der Waals surface area contributed by atoms with Crippen molar-refractivity contribution >= 4 is 40.1 Å². The van der Waals surface area contributed by atoms with Crippen LogP contribution in [0.25, 0.3) is 0 Å². The molecule has 0 spiro atoms. The monoisotopic (exact) mass is 498 g/mol. The number of carbonyl (C=O) groups excluding carboxylic acids is 2. The minimum Gasteiger partial charge on any atom is -0.343 e. The molecule has 0 fully saturated rings. The zero-order valence-corrected chi connectivity index (χ0v) is 15.8. The predicted octanol–water partition coefficient (Wildman–Crippen LogP) is 4.42. The Hall–Kier alpha value is -2.24. The Bertz CT molecular complexity index is 900. The van der Waals surface area contributed by atoms with Gasteiger partial charge in [-0.15, -0.1) is 0 Å². The third-order valence-corrected chi connectivity index (χ3v) is 4.37. The van der Waals surface area contributed by atoms with Crippen LogP contribution in [0.5, 0.6) is 0 Å². The van der Waals surface area contributed by atoms with Crippen molar-refractivity contribution in [3.63, 3.8) is 0 Å². The molecule has 144 valence electrons. The standard InChI is InChI=1S/C17H12F5IN2O2/c1-8-12(19)4-9(15(26)24-7-17(20,21)22)5-14(8)25-16(27)11-3-2-10(18)6-13(11)23/h2-6H,7H2,1H3,(H,24,26)(H,25,27). The molecule has 2 aromatic rings. The molecule has 0 aliphatic carbocycles. The number of alkyl halides is 3. The Balaban J connectivity index is 2.27. The van der Waals surface area contributed by atoms with Crippen molar-refractivity contribution in [2.45, 2.75) is 13.1 Å². The van der Waals surface area contributed by atoms with Crippen LogP contribution < -0.4 is 10.6 Å². The van der Waals surface area contributed by atoms with Crippen molar-refractivity contribution < 1.29 is 31.5 Å². The lowest BCUT2D eigenvalue weighted by Gasteiger charge is -2.13. The Morgan fingerprint density at radius 2 is 1.74 bits per heavy atom. The van der Waals surface area contributed by atoms with Crippen LogP contribution in [-0.2, 0) is 0 Å². The molecule has 10 heteroatoms. The Morgan fingerprint density at radius 3 is 2.33 bits per heavy atom. The van der Waals surface area contributed by atoms with Crippen molar-refractivity contribution in [3.8, 4) is 0 Å². The van der Waals surface area contributed by atoms with E-state index in [2.05, 4.69) is 5.32 Å². The van der Waals surface area contributed by atoms with E-state index < -0.39 is 36.2 Å². The molecule has 0 aromatic heterocycles. The van der Waals surface area contributed by atoms with E-state index in [1.165, 1.54) is 13.0 Å². The van der Waals surface area contributed by atoms with Crippen molar-refractivity contribution in [2.24, 2.45) is 0 Å². The lowest BCUT2D eigenvalue weighted by Crippen LogP contribution is -2.33. The molecule has 2 N–H and O–H groups in total. The van der Waals surface area contributed by atoms with Crippen LogP contribution in [0, 0.1) is 22.1 Å². The maximum Gasteiger partial charge on any atom is 0.405 e. The first kappa shape index (κ1) is 21.1. The van der Waals surface area contributed by atoms with Gasteiger partial charge in [-0.25, -0.2) is 8.78 Å². The molecule has 0 radical (unpaired) electrons. The van der Waals surface area contributed by atoms with E-state index in [4.69, 9.17) is 0 Å². The minimum atomic E-state index is -4.62. The maximum absolute atomic E-state index is 14.1. The van der Waals surface area contributed by atoms with Gasteiger partial charge in [0.15, 0.2) is 0 Å². The van der Waals surface area contributed by atoms with E-state index in [1.54, 1.807) is 27.9 Å². The molecule has 0 unspecified atom stereocenters. The zero-order valence-electron chi connectivity index (χ0n) is 13.7. The molecule has 0 aliphatic heterocycles. The summed E-state index contributed by atoms with van der Waals surface area (Å²) < 4.78 is 64.1. The van der Waals surface area contributed by atoms with Gasteiger partial charge in [-0.2, -0.15) is 13.2 Å². The van der Waals surface area contributed by atoms with E-state index in [-0.39, 0.29) is 22.4 Å². The molecule has 27 heavy (non-hydrogen) atoms. The Labute approximate surface area is 164 Å². The first-order valence-corrected chi connectivity index (χ1v) is 8.47. The number of halogens is 6. The summed E-state index contributed by atoms with van der Waals surface area (Å²) in [4.78, 5) is 24.2. The molecular formula is C17H12F5IN2O2. The molecule has 4 nitrogen and oxygen atoms in total. The number of anilines is 1. The Kier molecular flexibility index (Phi) is 6.39.